The summed E-state index contributed by atoms with van der Waals surface area (Å²) in [6, 6.07) is 9.97. The summed E-state index contributed by atoms with van der Waals surface area (Å²) in [5.41, 5.74) is 1.20. The first-order valence-electron chi connectivity index (χ1n) is 5.49. The Morgan fingerprint density at radius 3 is 2.50 bits per heavy atom. The summed E-state index contributed by atoms with van der Waals surface area (Å²) < 4.78 is 23.1. The number of aryl methyl sites for hydroxylation is 1. The fraction of sp³-hybridized carbons (Fsp3) is 0.385. The minimum absolute atomic E-state index is 0.165. The molecule has 0 aliphatic heterocycles. The molecule has 16 heavy (non-hydrogen) atoms. The lowest BCUT2D eigenvalue weighted by molar-refractivity contribution is 0.596. The van der Waals surface area contributed by atoms with Crippen molar-refractivity contribution >= 4 is 9.84 Å². The summed E-state index contributed by atoms with van der Waals surface area (Å²) in [6.45, 7) is 1.83. The van der Waals surface area contributed by atoms with Crippen LogP contribution in [0, 0.1) is 0 Å². The number of sulfone groups is 1. The molecular weight excluding hydrogens is 220 g/mol. The van der Waals surface area contributed by atoms with Crippen LogP contribution in [0.1, 0.15) is 18.9 Å². The Morgan fingerprint density at radius 2 is 1.88 bits per heavy atom. The molecule has 88 valence electrons. The van der Waals surface area contributed by atoms with Gasteiger partial charge in [0.2, 0.25) is 0 Å². The van der Waals surface area contributed by atoms with Gasteiger partial charge in [-0.2, -0.15) is 0 Å². The molecule has 0 N–H and O–H groups in total. The van der Waals surface area contributed by atoms with Crippen molar-refractivity contribution in [2.75, 3.05) is 11.5 Å². The van der Waals surface area contributed by atoms with E-state index in [1.165, 1.54) is 5.56 Å². The van der Waals surface area contributed by atoms with Gasteiger partial charge in [0.05, 0.1) is 11.5 Å². The number of hydrogen-bond acceptors (Lipinski definition) is 2. The van der Waals surface area contributed by atoms with E-state index >= 15 is 0 Å². The molecule has 1 aromatic rings. The molecule has 0 spiro atoms. The van der Waals surface area contributed by atoms with Gasteiger partial charge in [0.25, 0.3) is 0 Å². The standard InChI is InChI=1S/C13H18O2S/c1-2-3-11-16(14,15)12-7-10-13-8-5-4-6-9-13/h2-6,8-9H,7,10-12H2,1H3. The third kappa shape index (κ3) is 5.12. The average molecular weight is 238 g/mol. The molecule has 0 aliphatic rings. The van der Waals surface area contributed by atoms with E-state index in [9.17, 15) is 8.42 Å². The zero-order valence-corrected chi connectivity index (χ0v) is 10.4. The minimum Gasteiger partial charge on any atom is -0.229 e. The van der Waals surface area contributed by atoms with E-state index in [-0.39, 0.29) is 11.5 Å². The van der Waals surface area contributed by atoms with E-state index in [0.717, 1.165) is 6.42 Å². The first-order valence-corrected chi connectivity index (χ1v) is 7.32. The molecule has 0 fully saturated rings. The summed E-state index contributed by atoms with van der Waals surface area (Å²) >= 11 is 0. The van der Waals surface area contributed by atoms with Crippen molar-refractivity contribution in [2.24, 2.45) is 0 Å². The number of benzene rings is 1. The quantitative estimate of drug-likeness (QED) is 0.714. The van der Waals surface area contributed by atoms with Crippen LogP contribution in [0.3, 0.4) is 0 Å². The molecule has 0 heterocycles. The van der Waals surface area contributed by atoms with Gasteiger partial charge in [0.1, 0.15) is 0 Å². The number of allylic oxidation sites excluding steroid dienone is 1. The molecule has 0 aliphatic carbocycles. The van der Waals surface area contributed by atoms with Crippen LogP contribution in [0.4, 0.5) is 0 Å². The Hall–Kier alpha value is -1.09. The number of rotatable bonds is 6. The van der Waals surface area contributed by atoms with Crippen molar-refractivity contribution in [1.82, 2.24) is 0 Å². The van der Waals surface area contributed by atoms with Crippen LogP contribution in [0.2, 0.25) is 0 Å². The molecule has 0 saturated heterocycles. The highest BCUT2D eigenvalue weighted by molar-refractivity contribution is 7.91. The first kappa shape index (κ1) is 13.0. The lowest BCUT2D eigenvalue weighted by Gasteiger charge is -2.02. The van der Waals surface area contributed by atoms with Crippen LogP contribution in [-0.2, 0) is 16.3 Å². The van der Waals surface area contributed by atoms with Crippen molar-refractivity contribution in [3.63, 3.8) is 0 Å². The maximum absolute atomic E-state index is 11.5. The largest absolute Gasteiger partial charge is 0.229 e. The second kappa shape index (κ2) is 6.48. The topological polar surface area (TPSA) is 34.1 Å². The van der Waals surface area contributed by atoms with Gasteiger partial charge >= 0.3 is 0 Å². The van der Waals surface area contributed by atoms with Gasteiger partial charge in [-0.3, -0.25) is 0 Å². The molecule has 0 unspecified atom stereocenters. The van der Waals surface area contributed by atoms with Gasteiger partial charge in [-0.15, -0.1) is 0 Å². The molecule has 0 saturated carbocycles. The van der Waals surface area contributed by atoms with Crippen LogP contribution in [0.15, 0.2) is 42.5 Å². The molecule has 1 rings (SSSR count). The Morgan fingerprint density at radius 1 is 1.19 bits per heavy atom. The fourth-order valence-corrected chi connectivity index (χ4v) is 2.70. The molecule has 0 radical (unpaired) electrons. The van der Waals surface area contributed by atoms with Crippen molar-refractivity contribution in [1.29, 1.82) is 0 Å². The van der Waals surface area contributed by atoms with Crippen molar-refractivity contribution < 1.29 is 8.42 Å². The zero-order chi connectivity index (χ0) is 11.9. The normalized spacial score (nSPS) is 12.1. The summed E-state index contributed by atoms with van der Waals surface area (Å²) in [5.74, 6) is 0.435. The Kier molecular flexibility index (Phi) is 5.26. The summed E-state index contributed by atoms with van der Waals surface area (Å²) in [6.07, 6.45) is 4.99. The Balaban J connectivity index is 2.36. The SMILES string of the molecule is CC=CCS(=O)(=O)CCCc1ccccc1. The molecule has 3 heteroatoms. The molecule has 0 amide bonds. The molecule has 0 aromatic heterocycles. The minimum atomic E-state index is -2.90. The van der Waals surface area contributed by atoms with E-state index in [2.05, 4.69) is 0 Å². The monoisotopic (exact) mass is 238 g/mol. The molecule has 2 nitrogen and oxygen atoms in total. The third-order valence-corrected chi connectivity index (χ3v) is 3.96. The van der Waals surface area contributed by atoms with E-state index < -0.39 is 9.84 Å². The van der Waals surface area contributed by atoms with E-state index in [1.807, 2.05) is 37.3 Å². The molecular formula is C13H18O2S. The lowest BCUT2D eigenvalue weighted by Crippen LogP contribution is -2.10. The van der Waals surface area contributed by atoms with Crippen molar-refractivity contribution in [3.05, 3.63) is 48.0 Å². The van der Waals surface area contributed by atoms with Crippen LogP contribution in [0.25, 0.3) is 0 Å². The second-order valence-corrected chi connectivity index (χ2v) is 6.00. The van der Waals surface area contributed by atoms with Crippen LogP contribution in [-0.4, -0.2) is 19.9 Å². The predicted octanol–water partition coefficient (Wildman–Crippen LogP) is 2.61. The van der Waals surface area contributed by atoms with Crippen LogP contribution in [0.5, 0.6) is 0 Å². The zero-order valence-electron chi connectivity index (χ0n) is 9.59. The van der Waals surface area contributed by atoms with Gasteiger partial charge in [-0.1, -0.05) is 42.5 Å². The number of hydrogen-bond donors (Lipinski definition) is 0. The van der Waals surface area contributed by atoms with Gasteiger partial charge < -0.3 is 0 Å². The molecule has 0 bridgehead atoms. The smallest absolute Gasteiger partial charge is 0.153 e. The summed E-state index contributed by atoms with van der Waals surface area (Å²) in [4.78, 5) is 0. The molecule has 1 aromatic carbocycles. The highest BCUT2D eigenvalue weighted by Crippen LogP contribution is 2.04. The van der Waals surface area contributed by atoms with E-state index in [0.29, 0.717) is 6.42 Å². The first-order chi connectivity index (χ1) is 7.64. The summed E-state index contributed by atoms with van der Waals surface area (Å²) in [7, 11) is -2.90. The fourth-order valence-electron chi connectivity index (χ4n) is 1.47. The summed E-state index contributed by atoms with van der Waals surface area (Å²) in [5, 5.41) is 0. The highest BCUT2D eigenvalue weighted by atomic mass is 32.2. The van der Waals surface area contributed by atoms with Gasteiger partial charge in [0.15, 0.2) is 9.84 Å². The maximum atomic E-state index is 11.5. The van der Waals surface area contributed by atoms with Crippen LogP contribution >= 0.6 is 0 Å². The Bertz CT molecular complexity index is 419. The van der Waals surface area contributed by atoms with E-state index in [4.69, 9.17) is 0 Å². The van der Waals surface area contributed by atoms with E-state index in [1.54, 1.807) is 12.2 Å². The average Bonchev–Trinajstić information content (AvgIpc) is 2.28. The van der Waals surface area contributed by atoms with Crippen LogP contribution < -0.4 is 0 Å². The van der Waals surface area contributed by atoms with Crippen molar-refractivity contribution in [3.8, 4) is 0 Å². The maximum Gasteiger partial charge on any atom is 0.153 e. The van der Waals surface area contributed by atoms with Gasteiger partial charge in [-0.25, -0.2) is 8.42 Å². The predicted molar refractivity (Wildman–Crippen MR) is 68.2 cm³/mol. The second-order valence-electron chi connectivity index (χ2n) is 3.77. The highest BCUT2D eigenvalue weighted by Gasteiger charge is 2.07. The van der Waals surface area contributed by atoms with Gasteiger partial charge in [0, 0.05) is 0 Å². The molecule has 0 atom stereocenters. The van der Waals surface area contributed by atoms with Gasteiger partial charge in [-0.05, 0) is 25.3 Å². The van der Waals surface area contributed by atoms with Crippen molar-refractivity contribution in [2.45, 2.75) is 19.8 Å². The Labute approximate surface area is 97.9 Å². The lowest BCUT2D eigenvalue weighted by atomic mass is 10.1. The third-order valence-electron chi connectivity index (χ3n) is 2.35.